The zero-order valence-corrected chi connectivity index (χ0v) is 10.9. The lowest BCUT2D eigenvalue weighted by Gasteiger charge is -2.14. The molecule has 0 radical (unpaired) electrons. The van der Waals surface area contributed by atoms with Crippen molar-refractivity contribution in [3.63, 3.8) is 0 Å². The third-order valence-corrected chi connectivity index (χ3v) is 2.56. The summed E-state index contributed by atoms with van der Waals surface area (Å²) >= 11 is 0. The van der Waals surface area contributed by atoms with E-state index in [0.717, 1.165) is 6.08 Å². The molecule has 0 aliphatic heterocycles. The summed E-state index contributed by atoms with van der Waals surface area (Å²) in [5, 5.41) is 0. The van der Waals surface area contributed by atoms with Crippen molar-refractivity contribution in [3.05, 3.63) is 12.7 Å². The van der Waals surface area contributed by atoms with E-state index in [0.29, 0.717) is 6.54 Å². The Bertz CT molecular complexity index is 293. The van der Waals surface area contributed by atoms with Crippen molar-refractivity contribution in [1.29, 1.82) is 0 Å². The molecule has 0 saturated heterocycles. The maximum atomic E-state index is 11.2. The van der Waals surface area contributed by atoms with Gasteiger partial charge in [0, 0.05) is 12.6 Å². The molecule has 0 spiro atoms. The summed E-state index contributed by atoms with van der Waals surface area (Å²) < 4.78 is 25.0. The van der Waals surface area contributed by atoms with E-state index >= 15 is 0 Å². The summed E-state index contributed by atoms with van der Waals surface area (Å²) in [5.74, 6) is -0.616. The molecule has 1 unspecified atom stereocenters. The number of esters is 1. The Morgan fingerprint density at radius 3 is 2.47 bits per heavy atom. The molecule has 0 bridgehead atoms. The van der Waals surface area contributed by atoms with Crippen LogP contribution in [0.1, 0.15) is 0 Å². The highest BCUT2D eigenvalue weighted by Crippen LogP contribution is 2.42. The second-order valence-corrected chi connectivity index (χ2v) is 4.76. The minimum Gasteiger partial charge on any atom is -0.460 e. The highest BCUT2D eigenvalue weighted by Gasteiger charge is 2.20. The molecule has 0 amide bonds. The zero-order chi connectivity index (χ0) is 13.3. The second-order valence-electron chi connectivity index (χ2n) is 3.31. The number of hydrogen-bond donors (Lipinski definition) is 1. The summed E-state index contributed by atoms with van der Waals surface area (Å²) in [6, 6.07) is 0. The van der Waals surface area contributed by atoms with Gasteiger partial charge in [0.25, 0.3) is 0 Å². The van der Waals surface area contributed by atoms with E-state index in [1.54, 1.807) is 19.0 Å². The van der Waals surface area contributed by atoms with E-state index in [2.05, 4.69) is 20.4 Å². The second kappa shape index (κ2) is 8.38. The monoisotopic (exact) mass is 267 g/mol. The van der Waals surface area contributed by atoms with Crippen LogP contribution in [0.2, 0.25) is 0 Å². The lowest BCUT2D eigenvalue weighted by atomic mass is 10.6. The average Bonchev–Trinajstić information content (AvgIpc) is 2.23. The molecule has 0 saturated carbocycles. The summed E-state index contributed by atoms with van der Waals surface area (Å²) in [5.41, 5.74) is 0. The van der Waals surface area contributed by atoms with Gasteiger partial charge in [-0.3, -0.25) is 9.05 Å². The van der Waals surface area contributed by atoms with Crippen LogP contribution in [-0.2, 0) is 23.1 Å². The molecule has 0 fully saturated rings. The summed E-state index contributed by atoms with van der Waals surface area (Å²) in [6.07, 6.45) is 0.992. The first-order chi connectivity index (χ1) is 7.87. The Kier molecular flexibility index (Phi) is 8.03. The normalized spacial score (nSPS) is 14.4. The van der Waals surface area contributed by atoms with Crippen molar-refractivity contribution in [2.75, 3.05) is 40.5 Å². The first-order valence-electron chi connectivity index (χ1n) is 4.93. The molecule has 0 aromatic carbocycles. The summed E-state index contributed by atoms with van der Waals surface area (Å²) in [4.78, 5) is 21.6. The number of phosphoric ester groups is 1. The fraction of sp³-hybridized carbons (Fsp3) is 0.667. The quantitative estimate of drug-likeness (QED) is 0.280. The molecule has 0 aliphatic rings. The Morgan fingerprint density at radius 1 is 1.35 bits per heavy atom. The van der Waals surface area contributed by atoms with Crippen molar-refractivity contribution in [1.82, 2.24) is 4.90 Å². The van der Waals surface area contributed by atoms with Gasteiger partial charge in [-0.2, -0.15) is 0 Å². The topological polar surface area (TPSA) is 85.3 Å². The molecule has 0 heterocycles. The molecule has 0 aromatic rings. The third-order valence-electron chi connectivity index (χ3n) is 1.54. The molecule has 100 valence electrons. The van der Waals surface area contributed by atoms with Gasteiger partial charge in [0.2, 0.25) is 0 Å². The van der Waals surface area contributed by atoms with Gasteiger partial charge in [-0.05, 0) is 14.1 Å². The molecule has 0 aromatic heterocycles. The predicted molar refractivity (Wildman–Crippen MR) is 61.4 cm³/mol. The molecule has 17 heavy (non-hydrogen) atoms. The number of likely N-dealkylation sites (N-methyl/N-ethyl adjacent to an activating group) is 1. The van der Waals surface area contributed by atoms with E-state index in [-0.39, 0.29) is 19.8 Å². The van der Waals surface area contributed by atoms with Crippen LogP contribution in [-0.4, -0.2) is 56.2 Å². The van der Waals surface area contributed by atoms with Gasteiger partial charge >= 0.3 is 13.8 Å². The first kappa shape index (κ1) is 16.3. The summed E-state index contributed by atoms with van der Waals surface area (Å²) in [7, 11) is -0.447. The Hall–Kier alpha value is -0.720. The Morgan fingerprint density at radius 2 is 1.94 bits per heavy atom. The van der Waals surface area contributed by atoms with Crippen molar-refractivity contribution in [2.24, 2.45) is 0 Å². The lowest BCUT2D eigenvalue weighted by molar-refractivity contribution is -0.138. The fourth-order valence-electron chi connectivity index (χ4n) is 0.730. The number of ether oxygens (including phenoxy) is 1. The predicted octanol–water partition coefficient (Wildman–Crippen LogP) is 0.411. The van der Waals surface area contributed by atoms with Gasteiger partial charge in [-0.15, -0.1) is 0 Å². The van der Waals surface area contributed by atoms with Crippen LogP contribution >= 0.6 is 7.82 Å². The molecule has 8 heteroatoms. The van der Waals surface area contributed by atoms with Crippen LogP contribution in [0.5, 0.6) is 0 Å². The Labute approximate surface area is 101 Å². The number of carbonyl (C=O) groups is 1. The molecule has 0 aliphatic carbocycles. The fourth-order valence-corrected chi connectivity index (χ4v) is 1.42. The summed E-state index contributed by atoms with van der Waals surface area (Å²) in [6.45, 7) is 3.43. The molecule has 1 N–H and O–H groups in total. The Balaban J connectivity index is 3.67. The van der Waals surface area contributed by atoms with Crippen molar-refractivity contribution < 1.29 is 28.0 Å². The minimum absolute atomic E-state index is 0.0766. The molecule has 7 nitrogen and oxygen atoms in total. The highest BCUT2D eigenvalue weighted by molar-refractivity contribution is 7.47. The maximum absolute atomic E-state index is 11.2. The molecular formula is C9H18NO6P. The van der Waals surface area contributed by atoms with Crippen LogP contribution in [0.4, 0.5) is 0 Å². The zero-order valence-electron chi connectivity index (χ0n) is 10.00. The lowest BCUT2D eigenvalue weighted by Crippen LogP contribution is -2.18. The van der Waals surface area contributed by atoms with Gasteiger partial charge in [0.05, 0.1) is 13.2 Å². The number of carbonyl (C=O) groups excluding carboxylic acids is 1. The maximum Gasteiger partial charge on any atom is 0.472 e. The number of phosphoric acid groups is 1. The van der Waals surface area contributed by atoms with Gasteiger partial charge in [-0.1, -0.05) is 6.58 Å². The molecule has 0 rings (SSSR count). The van der Waals surface area contributed by atoms with Crippen LogP contribution in [0, 0.1) is 0 Å². The first-order valence-corrected chi connectivity index (χ1v) is 6.43. The van der Waals surface area contributed by atoms with Gasteiger partial charge < -0.3 is 14.5 Å². The van der Waals surface area contributed by atoms with Crippen LogP contribution in [0.3, 0.4) is 0 Å². The highest BCUT2D eigenvalue weighted by atomic mass is 31.2. The molecular weight excluding hydrogens is 249 g/mol. The van der Waals surface area contributed by atoms with Crippen LogP contribution in [0.25, 0.3) is 0 Å². The smallest absolute Gasteiger partial charge is 0.460 e. The average molecular weight is 267 g/mol. The van der Waals surface area contributed by atoms with E-state index in [1.165, 1.54) is 0 Å². The SMILES string of the molecule is C=CC(=O)OCCOP(=O)(O)OCCN(C)C. The number of hydrogen-bond acceptors (Lipinski definition) is 6. The minimum atomic E-state index is -4.06. The van der Waals surface area contributed by atoms with Crippen molar-refractivity contribution in [2.45, 2.75) is 0 Å². The third kappa shape index (κ3) is 10.2. The number of nitrogens with zero attached hydrogens (tertiary/aromatic N) is 1. The van der Waals surface area contributed by atoms with E-state index in [9.17, 15) is 14.3 Å². The van der Waals surface area contributed by atoms with Gasteiger partial charge in [0.1, 0.15) is 6.61 Å². The largest absolute Gasteiger partial charge is 0.472 e. The van der Waals surface area contributed by atoms with Gasteiger partial charge in [0.15, 0.2) is 0 Å². The van der Waals surface area contributed by atoms with Crippen molar-refractivity contribution in [3.8, 4) is 0 Å². The number of rotatable bonds is 9. The van der Waals surface area contributed by atoms with E-state index < -0.39 is 13.8 Å². The van der Waals surface area contributed by atoms with Crippen LogP contribution < -0.4 is 0 Å². The molecule has 1 atom stereocenters. The van der Waals surface area contributed by atoms with E-state index in [4.69, 9.17) is 0 Å². The van der Waals surface area contributed by atoms with E-state index in [1.807, 2.05) is 0 Å². The van der Waals surface area contributed by atoms with Crippen molar-refractivity contribution >= 4 is 13.8 Å². The standard InChI is InChI=1S/C9H18NO6P/c1-4-9(11)14-7-8-16-17(12,13)15-6-5-10(2)3/h4H,1,5-8H2,2-3H3,(H,12,13). The van der Waals surface area contributed by atoms with Gasteiger partial charge in [-0.25, -0.2) is 9.36 Å². The van der Waals surface area contributed by atoms with Crippen LogP contribution in [0.15, 0.2) is 12.7 Å².